The van der Waals surface area contributed by atoms with Crippen LogP contribution in [0, 0.1) is 5.41 Å². The summed E-state index contributed by atoms with van der Waals surface area (Å²) < 4.78 is 10.8. The summed E-state index contributed by atoms with van der Waals surface area (Å²) >= 11 is 0. The maximum Gasteiger partial charge on any atom is 0.229 e. The van der Waals surface area contributed by atoms with Gasteiger partial charge in [-0.1, -0.05) is 6.07 Å². The molecule has 0 aromatic heterocycles. The molecule has 5 heteroatoms. The Kier molecular flexibility index (Phi) is 4.00. The highest BCUT2D eigenvalue weighted by atomic mass is 16.5. The van der Waals surface area contributed by atoms with Crippen molar-refractivity contribution in [1.29, 1.82) is 0 Å². The molecule has 2 fully saturated rings. The fraction of sp³-hybridized carbons (Fsp3) is 0.588. The van der Waals surface area contributed by atoms with Crippen molar-refractivity contribution in [1.82, 2.24) is 10.2 Å². The highest BCUT2D eigenvalue weighted by Gasteiger charge is 2.53. The van der Waals surface area contributed by atoms with E-state index in [4.69, 9.17) is 9.47 Å². The molecule has 2 aliphatic rings. The van der Waals surface area contributed by atoms with Gasteiger partial charge in [0.1, 0.15) is 0 Å². The van der Waals surface area contributed by atoms with Crippen molar-refractivity contribution in [3.05, 3.63) is 23.8 Å². The molecule has 1 aromatic carbocycles. The van der Waals surface area contributed by atoms with Gasteiger partial charge in [0.2, 0.25) is 5.91 Å². The Hall–Kier alpha value is -1.75. The van der Waals surface area contributed by atoms with Crippen LogP contribution in [0.1, 0.15) is 24.3 Å². The summed E-state index contributed by atoms with van der Waals surface area (Å²) in [6.45, 7) is 2.58. The minimum Gasteiger partial charge on any atom is -0.493 e. The minimum atomic E-state index is -0.264. The summed E-state index contributed by atoms with van der Waals surface area (Å²) in [7, 11) is 5.19. The van der Waals surface area contributed by atoms with E-state index in [1.165, 1.54) is 0 Å². The summed E-state index contributed by atoms with van der Waals surface area (Å²) in [6.07, 6.45) is 1.80. The Morgan fingerprint density at radius 2 is 1.86 bits per heavy atom. The molecule has 5 nitrogen and oxygen atoms in total. The van der Waals surface area contributed by atoms with Gasteiger partial charge in [-0.15, -0.1) is 0 Å². The first-order valence-corrected chi connectivity index (χ1v) is 7.80. The van der Waals surface area contributed by atoms with Gasteiger partial charge in [0.05, 0.1) is 19.6 Å². The summed E-state index contributed by atoms with van der Waals surface area (Å²) in [4.78, 5) is 14.7. The Morgan fingerprint density at radius 1 is 1.18 bits per heavy atom. The molecule has 2 heterocycles. The SMILES string of the molecule is COc1ccc(C2CN(C)C(=O)C23CCNCC3)cc1OC. The van der Waals surface area contributed by atoms with Gasteiger partial charge < -0.3 is 19.7 Å². The smallest absolute Gasteiger partial charge is 0.229 e. The standard InChI is InChI=1S/C17H24N2O3/c1-19-11-13(17(16(19)20)6-8-18-9-7-17)12-4-5-14(21-2)15(10-12)22-3/h4-5,10,13,18H,6-9,11H2,1-3H3. The zero-order valence-corrected chi connectivity index (χ0v) is 13.5. The van der Waals surface area contributed by atoms with E-state index in [1.54, 1.807) is 14.2 Å². The first kappa shape index (κ1) is 15.2. The number of nitrogens with zero attached hydrogens (tertiary/aromatic N) is 1. The van der Waals surface area contributed by atoms with Gasteiger partial charge in [-0.3, -0.25) is 4.79 Å². The summed E-state index contributed by atoms with van der Waals surface area (Å²) in [5, 5.41) is 3.37. The van der Waals surface area contributed by atoms with Gasteiger partial charge in [0.15, 0.2) is 11.5 Å². The van der Waals surface area contributed by atoms with E-state index in [0.717, 1.165) is 49.5 Å². The molecule has 120 valence electrons. The number of carbonyl (C=O) groups is 1. The van der Waals surface area contributed by atoms with Crippen molar-refractivity contribution in [3.63, 3.8) is 0 Å². The van der Waals surface area contributed by atoms with Gasteiger partial charge in [0.25, 0.3) is 0 Å². The number of hydrogen-bond acceptors (Lipinski definition) is 4. The molecule has 0 radical (unpaired) electrons. The highest BCUT2D eigenvalue weighted by molar-refractivity contribution is 5.86. The number of methoxy groups -OCH3 is 2. The summed E-state index contributed by atoms with van der Waals surface area (Å²) in [5.41, 5.74) is 0.900. The van der Waals surface area contributed by atoms with Crippen LogP contribution in [0.4, 0.5) is 0 Å². The van der Waals surface area contributed by atoms with Crippen molar-refractivity contribution in [3.8, 4) is 11.5 Å². The Balaban J connectivity index is 2.00. The van der Waals surface area contributed by atoms with Gasteiger partial charge in [-0.25, -0.2) is 0 Å². The largest absolute Gasteiger partial charge is 0.493 e. The molecule has 0 saturated carbocycles. The zero-order chi connectivity index (χ0) is 15.7. The second-order valence-corrected chi connectivity index (χ2v) is 6.26. The van der Waals surface area contributed by atoms with Crippen LogP contribution in [-0.4, -0.2) is 51.7 Å². The molecule has 1 N–H and O–H groups in total. The number of likely N-dealkylation sites (tertiary alicyclic amines) is 1. The number of likely N-dealkylation sites (N-methyl/N-ethyl adjacent to an activating group) is 1. The molecule has 1 aromatic rings. The molecule has 2 saturated heterocycles. The number of nitrogens with one attached hydrogen (secondary N) is 1. The normalized spacial score (nSPS) is 23.9. The topological polar surface area (TPSA) is 50.8 Å². The van der Waals surface area contributed by atoms with Crippen molar-refractivity contribution < 1.29 is 14.3 Å². The van der Waals surface area contributed by atoms with Crippen LogP contribution >= 0.6 is 0 Å². The predicted octanol–water partition coefficient (Wildman–Crippen LogP) is 1.63. The van der Waals surface area contributed by atoms with E-state index in [0.29, 0.717) is 0 Å². The third kappa shape index (κ3) is 2.24. The molecular weight excluding hydrogens is 280 g/mol. The van der Waals surface area contributed by atoms with Crippen LogP contribution in [-0.2, 0) is 4.79 Å². The predicted molar refractivity (Wildman–Crippen MR) is 84.5 cm³/mol. The minimum absolute atomic E-state index is 0.215. The fourth-order valence-electron chi connectivity index (χ4n) is 3.99. The van der Waals surface area contributed by atoms with Gasteiger partial charge in [-0.2, -0.15) is 0 Å². The van der Waals surface area contributed by atoms with E-state index >= 15 is 0 Å². The maximum atomic E-state index is 12.8. The number of piperidine rings is 1. The van der Waals surface area contributed by atoms with E-state index in [9.17, 15) is 4.79 Å². The summed E-state index contributed by atoms with van der Waals surface area (Å²) in [5.74, 6) is 1.95. The molecular formula is C17H24N2O3. The third-order valence-corrected chi connectivity index (χ3v) is 5.20. The highest BCUT2D eigenvalue weighted by Crippen LogP contribution is 2.50. The van der Waals surface area contributed by atoms with Crippen LogP contribution in [0.15, 0.2) is 18.2 Å². The molecule has 2 aliphatic heterocycles. The molecule has 3 rings (SSSR count). The lowest BCUT2D eigenvalue weighted by Gasteiger charge is -2.36. The Morgan fingerprint density at radius 3 is 2.50 bits per heavy atom. The van der Waals surface area contributed by atoms with Crippen LogP contribution < -0.4 is 14.8 Å². The molecule has 1 amide bonds. The van der Waals surface area contributed by atoms with Crippen LogP contribution in [0.3, 0.4) is 0 Å². The monoisotopic (exact) mass is 304 g/mol. The lowest BCUT2D eigenvalue weighted by Crippen LogP contribution is -2.44. The first-order chi connectivity index (χ1) is 10.6. The second kappa shape index (κ2) is 5.80. The van der Waals surface area contributed by atoms with E-state index in [2.05, 4.69) is 11.4 Å². The van der Waals surface area contributed by atoms with Gasteiger partial charge in [0, 0.05) is 19.5 Å². The van der Waals surface area contributed by atoms with Crippen molar-refractivity contribution in [2.24, 2.45) is 5.41 Å². The van der Waals surface area contributed by atoms with Crippen LogP contribution in [0.2, 0.25) is 0 Å². The lowest BCUT2D eigenvalue weighted by molar-refractivity contribution is -0.136. The lowest BCUT2D eigenvalue weighted by atomic mass is 9.68. The Bertz CT molecular complexity index is 567. The zero-order valence-electron chi connectivity index (χ0n) is 13.5. The van der Waals surface area contributed by atoms with Gasteiger partial charge in [-0.05, 0) is 43.6 Å². The van der Waals surface area contributed by atoms with Crippen molar-refractivity contribution >= 4 is 5.91 Å². The van der Waals surface area contributed by atoms with Crippen LogP contribution in [0.5, 0.6) is 11.5 Å². The second-order valence-electron chi connectivity index (χ2n) is 6.26. The molecule has 0 aliphatic carbocycles. The summed E-state index contributed by atoms with van der Waals surface area (Å²) in [6, 6.07) is 6.04. The first-order valence-electron chi connectivity index (χ1n) is 7.80. The molecule has 22 heavy (non-hydrogen) atoms. The average Bonchev–Trinajstić information content (AvgIpc) is 2.80. The molecule has 1 atom stereocenters. The van der Waals surface area contributed by atoms with E-state index in [1.807, 2.05) is 24.1 Å². The van der Waals surface area contributed by atoms with Crippen molar-refractivity contribution in [2.75, 3.05) is 40.9 Å². The van der Waals surface area contributed by atoms with Crippen LogP contribution in [0.25, 0.3) is 0 Å². The number of ether oxygens (including phenoxy) is 2. The average molecular weight is 304 g/mol. The van der Waals surface area contributed by atoms with E-state index in [-0.39, 0.29) is 17.2 Å². The number of rotatable bonds is 3. The fourth-order valence-corrected chi connectivity index (χ4v) is 3.99. The Labute approximate surface area is 131 Å². The number of carbonyl (C=O) groups excluding carboxylic acids is 1. The molecule has 1 spiro atoms. The molecule has 0 bridgehead atoms. The third-order valence-electron chi connectivity index (χ3n) is 5.20. The van der Waals surface area contributed by atoms with E-state index < -0.39 is 0 Å². The number of hydrogen-bond donors (Lipinski definition) is 1. The number of amides is 1. The number of benzene rings is 1. The quantitative estimate of drug-likeness (QED) is 0.922. The maximum absolute atomic E-state index is 12.8. The molecule has 1 unspecified atom stereocenters. The van der Waals surface area contributed by atoms with Crippen molar-refractivity contribution in [2.45, 2.75) is 18.8 Å². The van der Waals surface area contributed by atoms with Gasteiger partial charge >= 0.3 is 0 Å².